The van der Waals surface area contributed by atoms with E-state index in [-0.39, 0.29) is 11.8 Å². The Morgan fingerprint density at radius 3 is 2.50 bits per heavy atom. The molecule has 0 unspecified atom stereocenters. The van der Waals surface area contributed by atoms with Crippen molar-refractivity contribution in [3.8, 4) is 0 Å². The Balaban J connectivity index is 2.08. The van der Waals surface area contributed by atoms with Crippen LogP contribution in [0.15, 0.2) is 35.7 Å². The normalized spacial score (nSPS) is 10.1. The van der Waals surface area contributed by atoms with Gasteiger partial charge in [0.1, 0.15) is 0 Å². The lowest BCUT2D eigenvalue weighted by atomic mass is 10.2. The van der Waals surface area contributed by atoms with Gasteiger partial charge >= 0.3 is 0 Å². The molecule has 0 bridgehead atoms. The number of rotatable bonds is 4. The maximum absolute atomic E-state index is 12.0. The molecule has 0 saturated carbocycles. The van der Waals surface area contributed by atoms with Crippen molar-refractivity contribution in [2.24, 2.45) is 0 Å². The second kappa shape index (κ2) is 6.85. The molecule has 0 saturated heterocycles. The highest BCUT2D eigenvalue weighted by molar-refractivity contribution is 14.1. The van der Waals surface area contributed by atoms with Gasteiger partial charge in [0.15, 0.2) is 0 Å². The molecule has 1 aromatic carbocycles. The van der Waals surface area contributed by atoms with E-state index >= 15 is 0 Å². The van der Waals surface area contributed by atoms with Crippen LogP contribution in [0.4, 0.5) is 11.4 Å². The summed E-state index contributed by atoms with van der Waals surface area (Å²) in [6.07, 6.45) is 0.421. The van der Waals surface area contributed by atoms with Gasteiger partial charge in [-0.1, -0.05) is 13.0 Å². The van der Waals surface area contributed by atoms with Gasteiger partial charge in [0.2, 0.25) is 5.91 Å². The second-order valence-electron chi connectivity index (χ2n) is 4.08. The molecule has 2 amide bonds. The highest BCUT2D eigenvalue weighted by atomic mass is 127. The Bertz CT molecular complexity index is 640. The number of amides is 2. The molecule has 0 spiro atoms. The molecule has 2 aromatic rings. The lowest BCUT2D eigenvalue weighted by Gasteiger charge is -2.07. The molecule has 104 valence electrons. The van der Waals surface area contributed by atoms with E-state index in [4.69, 9.17) is 0 Å². The number of anilines is 2. The Labute approximate surface area is 134 Å². The topological polar surface area (TPSA) is 58.2 Å². The van der Waals surface area contributed by atoms with Gasteiger partial charge in [-0.15, -0.1) is 11.3 Å². The van der Waals surface area contributed by atoms with Gasteiger partial charge in [-0.05, 0) is 46.9 Å². The lowest BCUT2D eigenvalue weighted by molar-refractivity contribution is -0.115. The molecule has 6 heteroatoms. The number of benzene rings is 1. The summed E-state index contributed by atoms with van der Waals surface area (Å²) in [5.41, 5.74) is 1.97. The minimum Gasteiger partial charge on any atom is -0.326 e. The zero-order valence-electron chi connectivity index (χ0n) is 10.8. The van der Waals surface area contributed by atoms with Crippen LogP contribution in [-0.4, -0.2) is 11.8 Å². The van der Waals surface area contributed by atoms with E-state index in [0.717, 1.165) is 2.88 Å². The first-order valence-corrected chi connectivity index (χ1v) is 7.99. The molecule has 0 atom stereocenters. The average molecular weight is 400 g/mol. The fourth-order valence-electron chi connectivity index (χ4n) is 1.56. The highest BCUT2D eigenvalue weighted by Crippen LogP contribution is 2.19. The minimum absolute atomic E-state index is 0.0548. The van der Waals surface area contributed by atoms with Crippen molar-refractivity contribution in [2.45, 2.75) is 13.3 Å². The molecule has 1 heterocycles. The molecule has 0 fully saturated rings. The molecule has 0 aliphatic rings. The first-order valence-electron chi connectivity index (χ1n) is 6.04. The standard InChI is InChI=1S/C14H13IN2O2S/c1-2-13(18)16-10-4-3-5-11(7-10)17-14(19)9-6-12(15)20-8-9/h3-8H,2H2,1H3,(H,16,18)(H,17,19). The minimum atomic E-state index is -0.150. The maximum atomic E-state index is 12.0. The second-order valence-corrected chi connectivity index (χ2v) is 6.88. The van der Waals surface area contributed by atoms with Crippen LogP contribution in [-0.2, 0) is 4.79 Å². The van der Waals surface area contributed by atoms with Gasteiger partial charge in [0, 0.05) is 23.2 Å². The van der Waals surface area contributed by atoms with Crippen molar-refractivity contribution in [1.82, 2.24) is 0 Å². The molecule has 0 aliphatic carbocycles. The van der Waals surface area contributed by atoms with Crippen LogP contribution < -0.4 is 10.6 Å². The lowest BCUT2D eigenvalue weighted by Crippen LogP contribution is -2.12. The molecular weight excluding hydrogens is 387 g/mol. The number of halogens is 1. The number of thiophene rings is 1. The van der Waals surface area contributed by atoms with E-state index in [1.165, 1.54) is 11.3 Å². The van der Waals surface area contributed by atoms with Crippen LogP contribution in [0.2, 0.25) is 0 Å². The van der Waals surface area contributed by atoms with Crippen LogP contribution in [0.5, 0.6) is 0 Å². The molecule has 4 nitrogen and oxygen atoms in total. The molecule has 2 N–H and O–H groups in total. The van der Waals surface area contributed by atoms with Gasteiger partial charge < -0.3 is 10.6 Å². The Hall–Kier alpha value is -1.41. The van der Waals surface area contributed by atoms with Gasteiger partial charge in [0.05, 0.1) is 8.45 Å². The van der Waals surface area contributed by atoms with E-state index in [1.807, 2.05) is 11.4 Å². The van der Waals surface area contributed by atoms with Gasteiger partial charge in [-0.25, -0.2) is 0 Å². The molecule has 20 heavy (non-hydrogen) atoms. The zero-order valence-corrected chi connectivity index (χ0v) is 13.7. The number of carbonyl (C=O) groups is 2. The molecule has 0 radical (unpaired) electrons. The summed E-state index contributed by atoms with van der Waals surface area (Å²) in [6.45, 7) is 1.79. The smallest absolute Gasteiger partial charge is 0.256 e. The third kappa shape index (κ3) is 4.04. The summed E-state index contributed by atoms with van der Waals surface area (Å²) in [5, 5.41) is 7.40. The number of hydrogen-bond donors (Lipinski definition) is 2. The third-order valence-corrected chi connectivity index (χ3v) is 4.34. The monoisotopic (exact) mass is 400 g/mol. The number of nitrogens with one attached hydrogen (secondary N) is 2. The SMILES string of the molecule is CCC(=O)Nc1cccc(NC(=O)c2csc(I)c2)c1. The van der Waals surface area contributed by atoms with E-state index in [9.17, 15) is 9.59 Å². The van der Waals surface area contributed by atoms with Crippen molar-refractivity contribution in [2.75, 3.05) is 10.6 Å². The Morgan fingerprint density at radius 2 is 1.90 bits per heavy atom. The van der Waals surface area contributed by atoms with Crippen molar-refractivity contribution in [3.63, 3.8) is 0 Å². The number of carbonyl (C=O) groups excluding carboxylic acids is 2. The molecule has 2 rings (SSSR count). The first-order chi connectivity index (χ1) is 9.58. The predicted molar refractivity (Wildman–Crippen MR) is 90.4 cm³/mol. The van der Waals surface area contributed by atoms with Crippen LogP contribution in [0, 0.1) is 2.88 Å². The predicted octanol–water partition coefficient (Wildman–Crippen LogP) is 3.95. The average Bonchev–Trinajstić information content (AvgIpc) is 2.86. The van der Waals surface area contributed by atoms with E-state index in [1.54, 1.807) is 31.2 Å². The fraction of sp³-hybridized carbons (Fsp3) is 0.143. The van der Waals surface area contributed by atoms with Crippen LogP contribution in [0.3, 0.4) is 0 Å². The quantitative estimate of drug-likeness (QED) is 0.764. The largest absolute Gasteiger partial charge is 0.326 e. The fourth-order valence-corrected chi connectivity index (χ4v) is 2.88. The first kappa shape index (κ1) is 15.0. The van der Waals surface area contributed by atoms with Gasteiger partial charge in [0.25, 0.3) is 5.91 Å². The van der Waals surface area contributed by atoms with Crippen LogP contribution in [0.1, 0.15) is 23.7 Å². The zero-order chi connectivity index (χ0) is 14.5. The van der Waals surface area contributed by atoms with Gasteiger partial charge in [-0.2, -0.15) is 0 Å². The Kier molecular flexibility index (Phi) is 5.13. The summed E-state index contributed by atoms with van der Waals surface area (Å²) in [7, 11) is 0. The van der Waals surface area contributed by atoms with Crippen molar-refractivity contribution < 1.29 is 9.59 Å². The highest BCUT2D eigenvalue weighted by Gasteiger charge is 2.08. The van der Waals surface area contributed by atoms with E-state index in [0.29, 0.717) is 23.4 Å². The molecular formula is C14H13IN2O2S. The third-order valence-electron chi connectivity index (χ3n) is 2.55. The van der Waals surface area contributed by atoms with Crippen molar-refractivity contribution in [1.29, 1.82) is 0 Å². The number of hydrogen-bond acceptors (Lipinski definition) is 3. The van der Waals surface area contributed by atoms with Crippen LogP contribution in [0.25, 0.3) is 0 Å². The van der Waals surface area contributed by atoms with Crippen LogP contribution >= 0.6 is 33.9 Å². The summed E-state index contributed by atoms with van der Waals surface area (Å²) in [6, 6.07) is 8.94. The Morgan fingerprint density at radius 1 is 1.20 bits per heavy atom. The summed E-state index contributed by atoms with van der Waals surface area (Å²) < 4.78 is 1.07. The molecule has 0 aliphatic heterocycles. The van der Waals surface area contributed by atoms with Crippen molar-refractivity contribution >= 4 is 57.1 Å². The summed E-state index contributed by atoms with van der Waals surface area (Å²) in [5.74, 6) is -0.205. The molecule has 1 aromatic heterocycles. The van der Waals surface area contributed by atoms with Crippen molar-refractivity contribution in [3.05, 3.63) is 44.2 Å². The maximum Gasteiger partial charge on any atom is 0.256 e. The van der Waals surface area contributed by atoms with E-state index in [2.05, 4.69) is 33.2 Å². The van der Waals surface area contributed by atoms with E-state index < -0.39 is 0 Å². The van der Waals surface area contributed by atoms with Gasteiger partial charge in [-0.3, -0.25) is 9.59 Å². The summed E-state index contributed by atoms with van der Waals surface area (Å²) in [4.78, 5) is 23.4. The summed E-state index contributed by atoms with van der Waals surface area (Å²) >= 11 is 3.71.